The van der Waals surface area contributed by atoms with Crippen LogP contribution >= 0.6 is 0 Å². The average Bonchev–Trinajstić information content (AvgIpc) is 2.58. The monoisotopic (exact) mass is 361 g/mol. The van der Waals surface area contributed by atoms with E-state index in [2.05, 4.69) is 15.5 Å². The Kier molecular flexibility index (Phi) is 6.80. The molecule has 2 rings (SSSR count). The molecule has 7 heteroatoms. The van der Waals surface area contributed by atoms with Crippen LogP contribution in [0.2, 0.25) is 0 Å². The van der Waals surface area contributed by atoms with Gasteiger partial charge in [0.1, 0.15) is 11.6 Å². The molecule has 138 valence electrons. The molecule has 0 heterocycles. The number of carbonyl (C=O) groups is 2. The molecule has 0 aromatic heterocycles. The first-order valence-corrected chi connectivity index (χ1v) is 8.07. The van der Waals surface area contributed by atoms with Gasteiger partial charge in [0.15, 0.2) is 0 Å². The SMILES string of the molecule is CN(C)Cc1ccc(CNC(=O)CNC(=O)c2ccc(F)cc2F)cc1. The fourth-order valence-electron chi connectivity index (χ4n) is 2.32. The Morgan fingerprint density at radius 1 is 0.962 bits per heavy atom. The van der Waals surface area contributed by atoms with Crippen molar-refractivity contribution >= 4 is 11.8 Å². The third-order valence-corrected chi connectivity index (χ3v) is 3.60. The van der Waals surface area contributed by atoms with E-state index in [0.717, 1.165) is 24.2 Å². The minimum Gasteiger partial charge on any atom is -0.350 e. The van der Waals surface area contributed by atoms with E-state index >= 15 is 0 Å². The summed E-state index contributed by atoms with van der Waals surface area (Å²) >= 11 is 0. The third-order valence-electron chi connectivity index (χ3n) is 3.60. The van der Waals surface area contributed by atoms with E-state index in [4.69, 9.17) is 0 Å². The summed E-state index contributed by atoms with van der Waals surface area (Å²) < 4.78 is 26.3. The Bertz CT molecular complexity index is 777. The zero-order valence-corrected chi connectivity index (χ0v) is 14.7. The summed E-state index contributed by atoms with van der Waals surface area (Å²) in [6.07, 6.45) is 0. The fraction of sp³-hybridized carbons (Fsp3) is 0.263. The number of nitrogens with zero attached hydrogens (tertiary/aromatic N) is 1. The summed E-state index contributed by atoms with van der Waals surface area (Å²) in [5, 5.41) is 4.98. The van der Waals surface area contributed by atoms with Gasteiger partial charge in [-0.3, -0.25) is 9.59 Å². The van der Waals surface area contributed by atoms with Gasteiger partial charge in [0.2, 0.25) is 5.91 Å². The average molecular weight is 361 g/mol. The van der Waals surface area contributed by atoms with Crippen LogP contribution in [0.25, 0.3) is 0 Å². The van der Waals surface area contributed by atoms with Crippen molar-refractivity contribution in [1.82, 2.24) is 15.5 Å². The Hall–Kier alpha value is -2.80. The van der Waals surface area contributed by atoms with Gasteiger partial charge < -0.3 is 15.5 Å². The standard InChI is InChI=1S/C19H21F2N3O2/c1-24(2)12-14-5-3-13(4-6-14)10-22-18(25)11-23-19(26)16-8-7-15(20)9-17(16)21/h3-9H,10-12H2,1-2H3,(H,22,25)(H,23,26). The second kappa shape index (κ2) is 9.05. The van der Waals surface area contributed by atoms with Gasteiger partial charge in [-0.1, -0.05) is 24.3 Å². The lowest BCUT2D eigenvalue weighted by Crippen LogP contribution is -2.36. The molecule has 0 aliphatic carbocycles. The van der Waals surface area contributed by atoms with Crippen molar-refractivity contribution < 1.29 is 18.4 Å². The van der Waals surface area contributed by atoms with Gasteiger partial charge in [-0.25, -0.2) is 8.78 Å². The Morgan fingerprint density at radius 2 is 1.62 bits per heavy atom. The Labute approximate surface area is 151 Å². The van der Waals surface area contributed by atoms with Crippen LogP contribution in [-0.4, -0.2) is 37.4 Å². The highest BCUT2D eigenvalue weighted by Crippen LogP contribution is 2.09. The summed E-state index contributed by atoms with van der Waals surface area (Å²) in [5.41, 5.74) is 1.78. The summed E-state index contributed by atoms with van der Waals surface area (Å²) in [6.45, 7) is 0.856. The highest BCUT2D eigenvalue weighted by Gasteiger charge is 2.13. The van der Waals surface area contributed by atoms with Crippen LogP contribution in [0.4, 0.5) is 8.78 Å². The molecule has 0 atom stereocenters. The van der Waals surface area contributed by atoms with Crippen molar-refractivity contribution in [2.45, 2.75) is 13.1 Å². The van der Waals surface area contributed by atoms with Crippen molar-refractivity contribution in [3.8, 4) is 0 Å². The number of amides is 2. The Morgan fingerprint density at radius 3 is 2.23 bits per heavy atom. The lowest BCUT2D eigenvalue weighted by molar-refractivity contribution is -0.120. The molecule has 0 bridgehead atoms. The van der Waals surface area contributed by atoms with Crippen molar-refractivity contribution in [2.75, 3.05) is 20.6 Å². The number of hydrogen-bond donors (Lipinski definition) is 2. The number of benzene rings is 2. The van der Waals surface area contributed by atoms with Crippen LogP contribution in [-0.2, 0) is 17.9 Å². The molecule has 5 nitrogen and oxygen atoms in total. The minimum atomic E-state index is -0.972. The van der Waals surface area contributed by atoms with Gasteiger partial charge in [0, 0.05) is 19.2 Å². The van der Waals surface area contributed by atoms with E-state index in [1.165, 1.54) is 5.56 Å². The molecule has 0 fully saturated rings. The first-order valence-electron chi connectivity index (χ1n) is 8.07. The lowest BCUT2D eigenvalue weighted by atomic mass is 10.1. The van der Waals surface area contributed by atoms with Crippen molar-refractivity contribution in [1.29, 1.82) is 0 Å². The molecule has 0 saturated heterocycles. The topological polar surface area (TPSA) is 61.4 Å². The number of carbonyl (C=O) groups excluding carboxylic acids is 2. The van der Waals surface area contributed by atoms with E-state index in [0.29, 0.717) is 12.6 Å². The van der Waals surface area contributed by atoms with Crippen LogP contribution < -0.4 is 10.6 Å². The summed E-state index contributed by atoms with van der Waals surface area (Å²) in [5.74, 6) is -2.92. The highest BCUT2D eigenvalue weighted by atomic mass is 19.1. The lowest BCUT2D eigenvalue weighted by Gasteiger charge is -2.11. The van der Waals surface area contributed by atoms with Gasteiger partial charge in [0.05, 0.1) is 12.1 Å². The zero-order valence-electron chi connectivity index (χ0n) is 14.7. The number of nitrogens with one attached hydrogen (secondary N) is 2. The minimum absolute atomic E-state index is 0.297. The zero-order chi connectivity index (χ0) is 19.1. The van der Waals surface area contributed by atoms with E-state index < -0.39 is 23.4 Å². The predicted octanol–water partition coefficient (Wildman–Crippen LogP) is 2.07. The number of hydrogen-bond acceptors (Lipinski definition) is 3. The normalized spacial score (nSPS) is 10.7. The van der Waals surface area contributed by atoms with Crippen LogP contribution in [0, 0.1) is 11.6 Å². The van der Waals surface area contributed by atoms with E-state index in [1.54, 1.807) is 0 Å². The van der Waals surface area contributed by atoms with Gasteiger partial charge in [-0.2, -0.15) is 0 Å². The maximum atomic E-state index is 13.5. The molecule has 26 heavy (non-hydrogen) atoms. The van der Waals surface area contributed by atoms with Crippen molar-refractivity contribution in [3.05, 3.63) is 70.8 Å². The van der Waals surface area contributed by atoms with Gasteiger partial charge in [0.25, 0.3) is 5.91 Å². The smallest absolute Gasteiger partial charge is 0.254 e. The fourth-order valence-corrected chi connectivity index (χ4v) is 2.32. The quantitative estimate of drug-likeness (QED) is 0.794. The van der Waals surface area contributed by atoms with Crippen LogP contribution in [0.1, 0.15) is 21.5 Å². The predicted molar refractivity (Wildman–Crippen MR) is 94.4 cm³/mol. The van der Waals surface area contributed by atoms with Gasteiger partial charge >= 0.3 is 0 Å². The summed E-state index contributed by atoms with van der Waals surface area (Å²) in [4.78, 5) is 25.7. The largest absolute Gasteiger partial charge is 0.350 e. The molecule has 2 aromatic rings. The summed E-state index contributed by atoms with van der Waals surface area (Å²) in [6, 6.07) is 10.5. The van der Waals surface area contributed by atoms with E-state index in [1.807, 2.05) is 38.4 Å². The van der Waals surface area contributed by atoms with Crippen LogP contribution in [0.15, 0.2) is 42.5 Å². The molecule has 0 saturated carbocycles. The molecular weight excluding hydrogens is 340 g/mol. The van der Waals surface area contributed by atoms with Crippen LogP contribution in [0.3, 0.4) is 0 Å². The molecule has 0 aliphatic rings. The first-order chi connectivity index (χ1) is 12.3. The molecule has 2 N–H and O–H groups in total. The molecule has 0 unspecified atom stereocenters. The molecule has 0 aliphatic heterocycles. The maximum Gasteiger partial charge on any atom is 0.254 e. The first kappa shape index (κ1) is 19.5. The molecule has 2 amide bonds. The van der Waals surface area contributed by atoms with Crippen LogP contribution in [0.5, 0.6) is 0 Å². The van der Waals surface area contributed by atoms with E-state index in [9.17, 15) is 18.4 Å². The molecule has 0 radical (unpaired) electrons. The molecule has 2 aromatic carbocycles. The van der Waals surface area contributed by atoms with Gasteiger partial charge in [-0.05, 0) is 37.4 Å². The number of rotatable bonds is 7. The second-order valence-electron chi connectivity index (χ2n) is 6.14. The Balaban J connectivity index is 1.79. The highest BCUT2D eigenvalue weighted by molar-refractivity contribution is 5.96. The van der Waals surface area contributed by atoms with E-state index in [-0.39, 0.29) is 12.1 Å². The van der Waals surface area contributed by atoms with Crippen molar-refractivity contribution in [3.63, 3.8) is 0 Å². The molecular formula is C19H21F2N3O2. The maximum absolute atomic E-state index is 13.5. The second-order valence-corrected chi connectivity index (χ2v) is 6.14. The van der Waals surface area contributed by atoms with Gasteiger partial charge in [-0.15, -0.1) is 0 Å². The number of halogens is 2. The molecule has 0 spiro atoms. The third kappa shape index (κ3) is 5.93. The summed E-state index contributed by atoms with van der Waals surface area (Å²) in [7, 11) is 3.97. The van der Waals surface area contributed by atoms with Crippen molar-refractivity contribution in [2.24, 2.45) is 0 Å².